The molecule has 7 nitrogen and oxygen atoms in total. The number of anilines is 1. The standard InChI is InChI=1S/C9H13ClN4O3/c1-9(2,5-15)4-12-7-6(14(16)17)3-11-8(10)13-7/h3,15H,4-5H2,1-2H3,(H,11,12,13). The summed E-state index contributed by atoms with van der Waals surface area (Å²) in [5, 5.41) is 22.5. The third-order valence-electron chi connectivity index (χ3n) is 2.10. The molecule has 0 amide bonds. The first-order chi connectivity index (χ1) is 7.85. The number of rotatable bonds is 5. The van der Waals surface area contributed by atoms with Crippen molar-refractivity contribution in [2.45, 2.75) is 13.8 Å². The lowest BCUT2D eigenvalue weighted by atomic mass is 9.95. The van der Waals surface area contributed by atoms with E-state index in [2.05, 4.69) is 15.3 Å². The average Bonchev–Trinajstić information content (AvgIpc) is 2.26. The highest BCUT2D eigenvalue weighted by Gasteiger charge is 2.21. The topological polar surface area (TPSA) is 101 Å². The Morgan fingerprint density at radius 1 is 1.65 bits per heavy atom. The quantitative estimate of drug-likeness (QED) is 0.472. The van der Waals surface area contributed by atoms with Crippen LogP contribution in [-0.4, -0.2) is 33.1 Å². The molecule has 0 atom stereocenters. The predicted octanol–water partition coefficient (Wildman–Crippen LogP) is 1.47. The maximum absolute atomic E-state index is 10.7. The summed E-state index contributed by atoms with van der Waals surface area (Å²) >= 11 is 5.57. The Hall–Kier alpha value is -1.47. The number of nitro groups is 1. The molecule has 0 fully saturated rings. The number of aliphatic hydroxyl groups is 1. The summed E-state index contributed by atoms with van der Waals surface area (Å²) in [6.07, 6.45) is 1.05. The van der Waals surface area contributed by atoms with Crippen molar-refractivity contribution in [2.75, 3.05) is 18.5 Å². The molecule has 8 heteroatoms. The molecule has 0 saturated carbocycles. The molecule has 0 bridgehead atoms. The lowest BCUT2D eigenvalue weighted by Gasteiger charge is -2.21. The average molecular weight is 261 g/mol. The van der Waals surface area contributed by atoms with Crippen LogP contribution >= 0.6 is 11.6 Å². The minimum absolute atomic E-state index is 0.0490. The molecular weight excluding hydrogens is 248 g/mol. The highest BCUT2D eigenvalue weighted by Crippen LogP contribution is 2.23. The van der Waals surface area contributed by atoms with E-state index in [-0.39, 0.29) is 23.4 Å². The van der Waals surface area contributed by atoms with Crippen molar-refractivity contribution in [3.63, 3.8) is 0 Å². The highest BCUT2D eigenvalue weighted by atomic mass is 35.5. The van der Waals surface area contributed by atoms with Gasteiger partial charge in [-0.2, -0.15) is 4.98 Å². The molecule has 94 valence electrons. The van der Waals surface area contributed by atoms with E-state index in [1.807, 2.05) is 13.8 Å². The Morgan fingerprint density at radius 3 is 2.82 bits per heavy atom. The van der Waals surface area contributed by atoms with Crippen LogP contribution in [0.4, 0.5) is 11.5 Å². The molecule has 0 aliphatic rings. The van der Waals surface area contributed by atoms with Gasteiger partial charge >= 0.3 is 5.69 Å². The van der Waals surface area contributed by atoms with Crippen LogP contribution < -0.4 is 5.32 Å². The first-order valence-corrected chi connectivity index (χ1v) is 5.25. The van der Waals surface area contributed by atoms with Crippen molar-refractivity contribution in [3.8, 4) is 0 Å². The molecule has 0 aliphatic heterocycles. The van der Waals surface area contributed by atoms with E-state index in [4.69, 9.17) is 16.7 Å². The fraction of sp³-hybridized carbons (Fsp3) is 0.556. The fourth-order valence-electron chi connectivity index (χ4n) is 0.997. The molecule has 17 heavy (non-hydrogen) atoms. The smallest absolute Gasteiger partial charge is 0.329 e. The van der Waals surface area contributed by atoms with E-state index in [1.165, 1.54) is 0 Å². The molecule has 0 unspecified atom stereocenters. The number of hydrogen-bond donors (Lipinski definition) is 2. The first kappa shape index (κ1) is 13.6. The minimum Gasteiger partial charge on any atom is -0.396 e. The largest absolute Gasteiger partial charge is 0.396 e. The molecule has 1 rings (SSSR count). The van der Waals surface area contributed by atoms with E-state index in [0.717, 1.165) is 6.20 Å². The monoisotopic (exact) mass is 260 g/mol. The van der Waals surface area contributed by atoms with Crippen molar-refractivity contribution in [1.29, 1.82) is 0 Å². The summed E-state index contributed by atoms with van der Waals surface area (Å²) in [7, 11) is 0. The van der Waals surface area contributed by atoms with Gasteiger partial charge in [-0.1, -0.05) is 13.8 Å². The summed E-state index contributed by atoms with van der Waals surface area (Å²) in [6.45, 7) is 3.91. The Bertz CT molecular complexity index is 425. The van der Waals surface area contributed by atoms with Crippen molar-refractivity contribution in [1.82, 2.24) is 9.97 Å². The van der Waals surface area contributed by atoms with Gasteiger partial charge in [-0.3, -0.25) is 10.1 Å². The van der Waals surface area contributed by atoms with Crippen LogP contribution in [0.25, 0.3) is 0 Å². The first-order valence-electron chi connectivity index (χ1n) is 4.87. The van der Waals surface area contributed by atoms with Crippen molar-refractivity contribution < 1.29 is 10.0 Å². The molecule has 0 saturated heterocycles. The van der Waals surface area contributed by atoms with Crippen LogP contribution in [0, 0.1) is 15.5 Å². The van der Waals surface area contributed by atoms with Gasteiger partial charge in [-0.15, -0.1) is 0 Å². The second-order valence-electron chi connectivity index (χ2n) is 4.31. The van der Waals surface area contributed by atoms with Crippen LogP contribution in [0.5, 0.6) is 0 Å². The minimum atomic E-state index is -0.593. The van der Waals surface area contributed by atoms with E-state index >= 15 is 0 Å². The molecule has 1 heterocycles. The Labute approximate surface area is 103 Å². The normalized spacial score (nSPS) is 11.3. The summed E-state index contributed by atoms with van der Waals surface area (Å²) < 4.78 is 0. The number of nitrogens with one attached hydrogen (secondary N) is 1. The summed E-state index contributed by atoms with van der Waals surface area (Å²) in [5.41, 5.74) is -0.659. The van der Waals surface area contributed by atoms with Gasteiger partial charge in [0, 0.05) is 18.6 Å². The maximum atomic E-state index is 10.7. The zero-order valence-electron chi connectivity index (χ0n) is 9.47. The number of aromatic nitrogens is 2. The van der Waals surface area contributed by atoms with E-state index in [1.54, 1.807) is 0 Å². The lowest BCUT2D eigenvalue weighted by molar-refractivity contribution is -0.384. The van der Waals surface area contributed by atoms with Gasteiger partial charge in [0.25, 0.3) is 0 Å². The highest BCUT2D eigenvalue weighted by molar-refractivity contribution is 6.28. The molecule has 2 N–H and O–H groups in total. The van der Waals surface area contributed by atoms with Crippen LogP contribution in [0.2, 0.25) is 5.28 Å². The molecular formula is C9H13ClN4O3. The zero-order valence-corrected chi connectivity index (χ0v) is 10.2. The second-order valence-corrected chi connectivity index (χ2v) is 4.64. The number of nitrogens with zero attached hydrogens (tertiary/aromatic N) is 3. The van der Waals surface area contributed by atoms with Crippen LogP contribution in [0.15, 0.2) is 6.20 Å². The van der Waals surface area contributed by atoms with E-state index in [0.29, 0.717) is 6.54 Å². The van der Waals surface area contributed by atoms with Gasteiger partial charge < -0.3 is 10.4 Å². The van der Waals surface area contributed by atoms with Gasteiger partial charge in [0.05, 0.1) is 4.92 Å². The van der Waals surface area contributed by atoms with Crippen molar-refractivity contribution in [3.05, 3.63) is 21.6 Å². The second kappa shape index (κ2) is 5.24. The van der Waals surface area contributed by atoms with Crippen LogP contribution in [-0.2, 0) is 0 Å². The maximum Gasteiger partial charge on any atom is 0.329 e. The Morgan fingerprint density at radius 2 is 2.29 bits per heavy atom. The Kier molecular flexibility index (Phi) is 4.19. The molecule has 0 radical (unpaired) electrons. The van der Waals surface area contributed by atoms with Crippen LogP contribution in [0.3, 0.4) is 0 Å². The van der Waals surface area contributed by atoms with Gasteiger partial charge in [0.2, 0.25) is 11.1 Å². The number of halogens is 1. The fourth-order valence-corrected chi connectivity index (χ4v) is 1.13. The number of aliphatic hydroxyl groups excluding tert-OH is 1. The molecule has 1 aromatic heterocycles. The zero-order chi connectivity index (χ0) is 13.1. The predicted molar refractivity (Wildman–Crippen MR) is 63.1 cm³/mol. The summed E-state index contributed by atoms with van der Waals surface area (Å²) in [5.74, 6) is 0.0523. The Balaban J connectivity index is 2.89. The summed E-state index contributed by atoms with van der Waals surface area (Å²) in [6, 6.07) is 0. The van der Waals surface area contributed by atoms with E-state index < -0.39 is 10.3 Å². The SMILES string of the molecule is CC(C)(CO)CNc1nc(Cl)ncc1[N+](=O)[O-]. The lowest BCUT2D eigenvalue weighted by Crippen LogP contribution is -2.27. The molecule has 0 aliphatic carbocycles. The van der Waals surface area contributed by atoms with Crippen LogP contribution in [0.1, 0.15) is 13.8 Å². The van der Waals surface area contributed by atoms with E-state index in [9.17, 15) is 10.1 Å². The molecule has 0 spiro atoms. The van der Waals surface area contributed by atoms with Gasteiger partial charge in [-0.05, 0) is 11.6 Å². The van der Waals surface area contributed by atoms with Gasteiger partial charge in [0.15, 0.2) is 0 Å². The van der Waals surface area contributed by atoms with Crippen molar-refractivity contribution >= 4 is 23.1 Å². The third kappa shape index (κ3) is 3.79. The van der Waals surface area contributed by atoms with Gasteiger partial charge in [0.1, 0.15) is 6.20 Å². The number of hydrogen-bond acceptors (Lipinski definition) is 6. The summed E-state index contributed by atoms with van der Waals surface area (Å²) in [4.78, 5) is 17.4. The van der Waals surface area contributed by atoms with Crippen molar-refractivity contribution in [2.24, 2.45) is 5.41 Å². The molecule has 0 aromatic carbocycles. The van der Waals surface area contributed by atoms with Gasteiger partial charge in [-0.25, -0.2) is 4.98 Å². The molecule has 1 aromatic rings. The third-order valence-corrected chi connectivity index (χ3v) is 2.28.